The molecule has 0 aliphatic heterocycles. The molecule has 0 saturated heterocycles. The lowest BCUT2D eigenvalue weighted by Crippen LogP contribution is -2.46. The lowest BCUT2D eigenvalue weighted by Gasteiger charge is -2.27. The molecule has 4 N–H and O–H groups in total. The lowest BCUT2D eigenvalue weighted by molar-refractivity contribution is 0.0475. The van der Waals surface area contributed by atoms with E-state index >= 15 is 0 Å². The molecule has 0 fully saturated rings. The van der Waals surface area contributed by atoms with Crippen LogP contribution in [0.4, 0.5) is 4.79 Å². The molecule has 5 heteroatoms. The van der Waals surface area contributed by atoms with Crippen LogP contribution < -0.4 is 11.1 Å². The van der Waals surface area contributed by atoms with Crippen LogP contribution in [0.15, 0.2) is 60.7 Å². The molecular weight excluding hydrogens is 352 g/mol. The molecule has 0 saturated carbocycles. The third-order valence-corrected chi connectivity index (χ3v) is 4.38. The summed E-state index contributed by atoms with van der Waals surface area (Å²) in [5, 5.41) is 13.6. The summed E-state index contributed by atoms with van der Waals surface area (Å²) in [5.74, 6) is 0. The third kappa shape index (κ3) is 8.11. The van der Waals surface area contributed by atoms with Crippen LogP contribution in [-0.4, -0.2) is 35.0 Å². The Labute approximate surface area is 167 Å². The summed E-state index contributed by atoms with van der Waals surface area (Å²) in [7, 11) is 0. The largest absolute Gasteiger partial charge is 0.444 e. The Morgan fingerprint density at radius 2 is 1.50 bits per heavy atom. The molecule has 0 spiro atoms. The van der Waals surface area contributed by atoms with Crippen LogP contribution in [0, 0.1) is 0 Å². The van der Waals surface area contributed by atoms with Gasteiger partial charge in [-0.15, -0.1) is 0 Å². The number of nitrogens with two attached hydrogens (primary N) is 1. The molecule has 3 atom stereocenters. The van der Waals surface area contributed by atoms with E-state index in [9.17, 15) is 9.90 Å². The van der Waals surface area contributed by atoms with Gasteiger partial charge in [0.1, 0.15) is 5.60 Å². The van der Waals surface area contributed by atoms with Gasteiger partial charge in [0, 0.05) is 12.1 Å². The minimum Gasteiger partial charge on any atom is -0.444 e. The van der Waals surface area contributed by atoms with Crippen LogP contribution in [0.25, 0.3) is 0 Å². The first-order chi connectivity index (χ1) is 13.2. The van der Waals surface area contributed by atoms with E-state index in [0.29, 0.717) is 19.3 Å². The molecule has 0 aromatic heterocycles. The first kappa shape index (κ1) is 21.9. The number of benzene rings is 2. The Morgan fingerprint density at radius 3 is 2.00 bits per heavy atom. The van der Waals surface area contributed by atoms with E-state index in [1.54, 1.807) is 0 Å². The first-order valence-corrected chi connectivity index (χ1v) is 9.74. The molecule has 1 amide bonds. The fourth-order valence-corrected chi connectivity index (χ4v) is 3.05. The quantitative estimate of drug-likeness (QED) is 0.651. The molecule has 28 heavy (non-hydrogen) atoms. The summed E-state index contributed by atoms with van der Waals surface area (Å²) in [6, 6.07) is 19.0. The number of alkyl carbamates (subject to hydrolysis) is 1. The van der Waals surface area contributed by atoms with E-state index in [-0.39, 0.29) is 6.04 Å². The lowest BCUT2D eigenvalue weighted by atomic mass is 9.94. The Hall–Kier alpha value is -2.37. The highest BCUT2D eigenvalue weighted by atomic mass is 16.6. The number of carbonyl (C=O) groups excluding carboxylic acids is 1. The van der Waals surface area contributed by atoms with Crippen LogP contribution in [0.1, 0.15) is 38.3 Å². The van der Waals surface area contributed by atoms with Gasteiger partial charge in [-0.3, -0.25) is 0 Å². The van der Waals surface area contributed by atoms with E-state index in [4.69, 9.17) is 10.5 Å². The molecule has 2 aromatic carbocycles. The van der Waals surface area contributed by atoms with E-state index in [1.165, 1.54) is 0 Å². The predicted molar refractivity (Wildman–Crippen MR) is 112 cm³/mol. The smallest absolute Gasteiger partial charge is 0.407 e. The van der Waals surface area contributed by atoms with Gasteiger partial charge in [0.2, 0.25) is 0 Å². The summed E-state index contributed by atoms with van der Waals surface area (Å²) in [4.78, 5) is 12.3. The molecule has 0 aliphatic rings. The summed E-state index contributed by atoms with van der Waals surface area (Å²) >= 11 is 0. The molecule has 0 radical (unpaired) electrons. The Kier molecular flexibility index (Phi) is 8.03. The van der Waals surface area contributed by atoms with E-state index in [1.807, 2.05) is 81.4 Å². The second kappa shape index (κ2) is 10.2. The van der Waals surface area contributed by atoms with Gasteiger partial charge >= 0.3 is 6.09 Å². The average Bonchev–Trinajstić information content (AvgIpc) is 2.61. The van der Waals surface area contributed by atoms with Crippen LogP contribution in [0.2, 0.25) is 0 Å². The molecule has 152 valence electrons. The second-order valence-corrected chi connectivity index (χ2v) is 8.19. The van der Waals surface area contributed by atoms with Crippen molar-refractivity contribution in [2.24, 2.45) is 5.73 Å². The van der Waals surface area contributed by atoms with Gasteiger partial charge in [0.05, 0.1) is 6.10 Å². The Bertz CT molecular complexity index is 714. The minimum atomic E-state index is -0.746. The van der Waals surface area contributed by atoms with Crippen LogP contribution in [0.3, 0.4) is 0 Å². The zero-order chi connectivity index (χ0) is 20.6. The minimum absolute atomic E-state index is 0.283. The second-order valence-electron chi connectivity index (χ2n) is 8.19. The topological polar surface area (TPSA) is 84.6 Å². The molecule has 0 aliphatic carbocycles. The maximum atomic E-state index is 12.3. The molecule has 2 aromatic rings. The van der Waals surface area contributed by atoms with Gasteiger partial charge in [0.15, 0.2) is 0 Å². The first-order valence-electron chi connectivity index (χ1n) is 9.74. The third-order valence-electron chi connectivity index (χ3n) is 4.38. The Balaban J connectivity index is 2.01. The van der Waals surface area contributed by atoms with Crippen molar-refractivity contribution in [3.05, 3.63) is 71.8 Å². The van der Waals surface area contributed by atoms with Gasteiger partial charge in [-0.2, -0.15) is 0 Å². The number of aliphatic hydroxyl groups excluding tert-OH is 1. The fourth-order valence-electron chi connectivity index (χ4n) is 3.05. The van der Waals surface area contributed by atoms with Crippen LogP contribution in [-0.2, 0) is 17.6 Å². The molecule has 0 heterocycles. The summed E-state index contributed by atoms with van der Waals surface area (Å²) in [6.07, 6.45) is 0.283. The van der Waals surface area contributed by atoms with Gasteiger partial charge in [0.25, 0.3) is 0 Å². The van der Waals surface area contributed by atoms with Crippen molar-refractivity contribution < 1.29 is 14.6 Å². The number of hydrogen-bond donors (Lipinski definition) is 3. The van der Waals surface area contributed by atoms with Crippen molar-refractivity contribution in [1.82, 2.24) is 5.32 Å². The van der Waals surface area contributed by atoms with Crippen molar-refractivity contribution in [3.63, 3.8) is 0 Å². The van der Waals surface area contributed by atoms with Gasteiger partial charge in [-0.05, 0) is 51.2 Å². The normalized spacial score (nSPS) is 14.8. The number of amides is 1. The monoisotopic (exact) mass is 384 g/mol. The van der Waals surface area contributed by atoms with Crippen molar-refractivity contribution in [1.29, 1.82) is 0 Å². The van der Waals surface area contributed by atoms with Gasteiger partial charge in [-0.25, -0.2) is 4.79 Å². The zero-order valence-corrected chi connectivity index (χ0v) is 17.0. The van der Waals surface area contributed by atoms with E-state index in [2.05, 4.69) is 5.32 Å². The fraction of sp³-hybridized carbons (Fsp3) is 0.435. The van der Waals surface area contributed by atoms with Crippen LogP contribution in [0.5, 0.6) is 0 Å². The number of carbonyl (C=O) groups is 1. The highest BCUT2D eigenvalue weighted by molar-refractivity contribution is 5.68. The SMILES string of the molecule is CC(C)(C)OC(=O)NC(Cc1ccccc1)CC(O)[C@@H](N)Cc1ccccc1. The van der Waals surface area contributed by atoms with Crippen molar-refractivity contribution in [3.8, 4) is 0 Å². The molecule has 5 nitrogen and oxygen atoms in total. The van der Waals surface area contributed by atoms with Crippen LogP contribution >= 0.6 is 0 Å². The molecule has 2 rings (SSSR count). The maximum absolute atomic E-state index is 12.3. The number of rotatable bonds is 8. The summed E-state index contributed by atoms with van der Waals surface area (Å²) in [5.41, 5.74) is 7.80. The van der Waals surface area contributed by atoms with E-state index < -0.39 is 23.8 Å². The van der Waals surface area contributed by atoms with Gasteiger partial charge in [-0.1, -0.05) is 60.7 Å². The molecular formula is C23H32N2O3. The number of aliphatic hydroxyl groups is 1. The maximum Gasteiger partial charge on any atom is 0.407 e. The predicted octanol–water partition coefficient (Wildman–Crippen LogP) is 3.44. The standard InChI is InChI=1S/C23H32N2O3/c1-23(2,3)28-22(27)25-19(14-17-10-6-4-7-11-17)16-21(26)20(24)15-18-12-8-5-9-13-18/h4-13,19-21,26H,14-16,24H2,1-3H3,(H,25,27)/t19?,20-,21?/m0/s1. The average molecular weight is 385 g/mol. The number of ether oxygens (including phenoxy) is 1. The molecule has 2 unspecified atom stereocenters. The molecule has 0 bridgehead atoms. The van der Waals surface area contributed by atoms with Crippen molar-refractivity contribution in [2.45, 2.75) is 63.8 Å². The summed E-state index contributed by atoms with van der Waals surface area (Å²) in [6.45, 7) is 5.47. The zero-order valence-electron chi connectivity index (χ0n) is 17.0. The van der Waals surface area contributed by atoms with Crippen molar-refractivity contribution in [2.75, 3.05) is 0 Å². The van der Waals surface area contributed by atoms with Crippen molar-refractivity contribution >= 4 is 6.09 Å². The summed E-state index contributed by atoms with van der Waals surface area (Å²) < 4.78 is 5.38. The highest BCUT2D eigenvalue weighted by Gasteiger charge is 2.24. The number of nitrogens with one attached hydrogen (secondary N) is 1. The van der Waals surface area contributed by atoms with Gasteiger partial charge < -0.3 is 20.9 Å². The van der Waals surface area contributed by atoms with E-state index in [0.717, 1.165) is 11.1 Å². The highest BCUT2D eigenvalue weighted by Crippen LogP contribution is 2.14. The Morgan fingerprint density at radius 1 is 1.00 bits per heavy atom. The number of hydrogen-bond acceptors (Lipinski definition) is 4.